The summed E-state index contributed by atoms with van der Waals surface area (Å²) in [5.41, 5.74) is 1.67. The Bertz CT molecular complexity index is 1290. The minimum atomic E-state index is -0.204. The predicted molar refractivity (Wildman–Crippen MR) is 124 cm³/mol. The van der Waals surface area contributed by atoms with Crippen molar-refractivity contribution in [2.45, 2.75) is 0 Å². The first-order valence-electron chi connectivity index (χ1n) is 9.90. The molecule has 4 aromatic rings. The standard InChI is InChI=1S/C26H22N2O3/c1-3-17-27(19-9-5-4-6-10-19)26(30)24-18-28(20-13-15-21(31-2)16-14-20)25(29)23-12-8-7-11-22(23)24/h3-16,18H,1,17H2,2H3. The highest BCUT2D eigenvalue weighted by atomic mass is 16.5. The van der Waals surface area contributed by atoms with Gasteiger partial charge in [-0.25, -0.2) is 0 Å². The van der Waals surface area contributed by atoms with Crippen molar-refractivity contribution in [2.24, 2.45) is 0 Å². The number of methoxy groups -OCH3 is 1. The maximum Gasteiger partial charge on any atom is 0.262 e. The second-order valence-corrected chi connectivity index (χ2v) is 7.00. The summed E-state index contributed by atoms with van der Waals surface area (Å²) in [6, 6.07) is 23.8. The van der Waals surface area contributed by atoms with Crippen molar-refractivity contribution < 1.29 is 9.53 Å². The number of carbonyl (C=O) groups is 1. The number of pyridine rings is 1. The van der Waals surface area contributed by atoms with Crippen LogP contribution < -0.4 is 15.2 Å². The number of amides is 1. The molecule has 31 heavy (non-hydrogen) atoms. The average molecular weight is 410 g/mol. The molecular weight excluding hydrogens is 388 g/mol. The zero-order valence-electron chi connectivity index (χ0n) is 17.2. The van der Waals surface area contributed by atoms with Crippen molar-refractivity contribution in [1.82, 2.24) is 4.57 Å². The maximum atomic E-state index is 13.7. The molecule has 1 amide bonds. The fourth-order valence-corrected chi connectivity index (χ4v) is 3.58. The van der Waals surface area contributed by atoms with Crippen LogP contribution in [0.15, 0.2) is 103 Å². The van der Waals surface area contributed by atoms with Crippen LogP contribution in [0.25, 0.3) is 16.5 Å². The van der Waals surface area contributed by atoms with Crippen LogP contribution in [-0.2, 0) is 0 Å². The van der Waals surface area contributed by atoms with Crippen molar-refractivity contribution in [3.8, 4) is 11.4 Å². The Morgan fingerprint density at radius 1 is 0.968 bits per heavy atom. The molecule has 0 radical (unpaired) electrons. The van der Waals surface area contributed by atoms with E-state index in [-0.39, 0.29) is 11.5 Å². The SMILES string of the molecule is C=CCN(C(=O)c1cn(-c2ccc(OC)cc2)c(=O)c2ccccc12)c1ccccc1. The quantitative estimate of drug-likeness (QED) is 0.428. The normalized spacial score (nSPS) is 10.6. The molecule has 0 atom stereocenters. The van der Waals surface area contributed by atoms with E-state index in [4.69, 9.17) is 4.74 Å². The smallest absolute Gasteiger partial charge is 0.262 e. The summed E-state index contributed by atoms with van der Waals surface area (Å²) >= 11 is 0. The summed E-state index contributed by atoms with van der Waals surface area (Å²) in [4.78, 5) is 28.6. The lowest BCUT2D eigenvalue weighted by Crippen LogP contribution is -2.32. The van der Waals surface area contributed by atoms with Gasteiger partial charge in [0, 0.05) is 34.9 Å². The van der Waals surface area contributed by atoms with Gasteiger partial charge in [-0.2, -0.15) is 0 Å². The van der Waals surface area contributed by atoms with E-state index in [2.05, 4.69) is 6.58 Å². The fraction of sp³-hybridized carbons (Fsp3) is 0.0769. The molecule has 0 aliphatic carbocycles. The van der Waals surface area contributed by atoms with Gasteiger partial charge in [-0.15, -0.1) is 6.58 Å². The molecule has 0 spiro atoms. The van der Waals surface area contributed by atoms with Gasteiger partial charge in [-0.3, -0.25) is 14.2 Å². The van der Waals surface area contributed by atoms with E-state index in [0.717, 1.165) is 5.69 Å². The van der Waals surface area contributed by atoms with Crippen molar-refractivity contribution in [2.75, 3.05) is 18.6 Å². The molecule has 4 rings (SSSR count). The van der Waals surface area contributed by atoms with Crippen LogP contribution in [0.4, 0.5) is 5.69 Å². The number of benzene rings is 3. The van der Waals surface area contributed by atoms with E-state index in [1.165, 1.54) is 4.57 Å². The van der Waals surface area contributed by atoms with Crippen molar-refractivity contribution >= 4 is 22.4 Å². The first kappa shape index (κ1) is 20.2. The Morgan fingerprint density at radius 2 is 1.61 bits per heavy atom. The summed E-state index contributed by atoms with van der Waals surface area (Å²) in [6.45, 7) is 4.15. The van der Waals surface area contributed by atoms with Crippen molar-refractivity contribution in [3.05, 3.63) is 114 Å². The van der Waals surface area contributed by atoms with Crippen LogP contribution in [0.2, 0.25) is 0 Å². The fourth-order valence-electron chi connectivity index (χ4n) is 3.58. The highest BCUT2D eigenvalue weighted by molar-refractivity contribution is 6.14. The molecule has 1 aromatic heterocycles. The van der Waals surface area contributed by atoms with Crippen LogP contribution in [0.3, 0.4) is 0 Å². The average Bonchev–Trinajstić information content (AvgIpc) is 2.83. The third kappa shape index (κ3) is 3.85. The second-order valence-electron chi connectivity index (χ2n) is 7.00. The van der Waals surface area contributed by atoms with Crippen LogP contribution in [0.1, 0.15) is 10.4 Å². The minimum Gasteiger partial charge on any atom is -0.497 e. The third-order valence-electron chi connectivity index (χ3n) is 5.13. The number of carbonyl (C=O) groups excluding carboxylic acids is 1. The van der Waals surface area contributed by atoms with Crippen LogP contribution in [0, 0.1) is 0 Å². The Labute approximate surface area is 180 Å². The Hall–Kier alpha value is -4.12. The largest absolute Gasteiger partial charge is 0.497 e. The Balaban J connectivity index is 1.92. The molecule has 0 N–H and O–H groups in total. The number of para-hydroxylation sites is 1. The van der Waals surface area contributed by atoms with Gasteiger partial charge in [0.1, 0.15) is 5.75 Å². The number of hydrogen-bond acceptors (Lipinski definition) is 3. The summed E-state index contributed by atoms with van der Waals surface area (Å²) in [5, 5.41) is 1.10. The van der Waals surface area contributed by atoms with Crippen LogP contribution in [-0.4, -0.2) is 24.1 Å². The number of nitrogens with zero attached hydrogens (tertiary/aromatic N) is 2. The highest BCUT2D eigenvalue weighted by Crippen LogP contribution is 2.23. The topological polar surface area (TPSA) is 51.5 Å². The van der Waals surface area contributed by atoms with Gasteiger partial charge >= 0.3 is 0 Å². The number of aromatic nitrogens is 1. The number of rotatable bonds is 6. The van der Waals surface area contributed by atoms with Gasteiger partial charge in [0.05, 0.1) is 12.7 Å². The van der Waals surface area contributed by atoms with E-state index >= 15 is 0 Å². The molecule has 154 valence electrons. The summed E-state index contributed by atoms with van der Waals surface area (Å²) < 4.78 is 6.72. The van der Waals surface area contributed by atoms with E-state index in [1.807, 2.05) is 36.4 Å². The van der Waals surface area contributed by atoms with Crippen molar-refractivity contribution in [1.29, 1.82) is 0 Å². The molecule has 0 saturated heterocycles. The minimum absolute atomic E-state index is 0.188. The lowest BCUT2D eigenvalue weighted by Gasteiger charge is -2.23. The van der Waals surface area contributed by atoms with E-state index < -0.39 is 0 Å². The first-order chi connectivity index (χ1) is 15.1. The third-order valence-corrected chi connectivity index (χ3v) is 5.13. The number of fused-ring (bicyclic) bond motifs is 1. The second kappa shape index (κ2) is 8.71. The summed E-state index contributed by atoms with van der Waals surface area (Å²) in [5.74, 6) is 0.486. The Morgan fingerprint density at radius 3 is 2.26 bits per heavy atom. The monoisotopic (exact) mass is 410 g/mol. The lowest BCUT2D eigenvalue weighted by molar-refractivity contribution is 0.0990. The van der Waals surface area contributed by atoms with E-state index in [0.29, 0.717) is 34.3 Å². The zero-order valence-corrected chi connectivity index (χ0v) is 17.2. The lowest BCUT2D eigenvalue weighted by atomic mass is 10.1. The molecule has 0 aliphatic rings. The zero-order chi connectivity index (χ0) is 21.8. The molecule has 0 saturated carbocycles. The first-order valence-corrected chi connectivity index (χ1v) is 9.90. The van der Waals surface area contributed by atoms with Crippen molar-refractivity contribution in [3.63, 3.8) is 0 Å². The van der Waals surface area contributed by atoms with Crippen LogP contribution in [0.5, 0.6) is 5.75 Å². The van der Waals surface area contributed by atoms with E-state index in [1.54, 1.807) is 66.7 Å². The Kier molecular flexibility index (Phi) is 5.67. The number of hydrogen-bond donors (Lipinski definition) is 0. The molecular formula is C26H22N2O3. The predicted octanol–water partition coefficient (Wildman–Crippen LogP) is 4.83. The molecule has 0 fully saturated rings. The number of anilines is 1. The molecule has 1 heterocycles. The van der Waals surface area contributed by atoms with E-state index in [9.17, 15) is 9.59 Å². The molecule has 5 nitrogen and oxygen atoms in total. The van der Waals surface area contributed by atoms with Gasteiger partial charge in [0.25, 0.3) is 11.5 Å². The molecule has 3 aromatic carbocycles. The van der Waals surface area contributed by atoms with Gasteiger partial charge in [-0.1, -0.05) is 42.5 Å². The summed E-state index contributed by atoms with van der Waals surface area (Å²) in [7, 11) is 1.59. The van der Waals surface area contributed by atoms with Crippen LogP contribution >= 0.6 is 0 Å². The maximum absolute atomic E-state index is 13.7. The molecule has 0 unspecified atom stereocenters. The summed E-state index contributed by atoms with van der Waals surface area (Å²) in [6.07, 6.45) is 3.31. The number of ether oxygens (including phenoxy) is 1. The van der Waals surface area contributed by atoms with Gasteiger partial charge < -0.3 is 9.64 Å². The molecule has 5 heteroatoms. The van der Waals surface area contributed by atoms with Gasteiger partial charge in [0.2, 0.25) is 0 Å². The van der Waals surface area contributed by atoms with Gasteiger partial charge in [0.15, 0.2) is 0 Å². The van der Waals surface area contributed by atoms with Gasteiger partial charge in [-0.05, 0) is 42.5 Å². The molecule has 0 bridgehead atoms. The molecule has 0 aliphatic heterocycles. The highest BCUT2D eigenvalue weighted by Gasteiger charge is 2.21.